The Morgan fingerprint density at radius 2 is 1.96 bits per heavy atom. The Morgan fingerprint density at radius 1 is 1.20 bits per heavy atom. The standard InChI is InChI=1S/C18H21N5O2/c1-11-6-20-17-14(8-21-23(17)9-11)18(24)22(4)10-15-13(3)16(25-5)12(2)7-19-15/h6-9H,10H2,1-5H3. The minimum Gasteiger partial charge on any atom is -0.496 e. The number of aryl methyl sites for hydroxylation is 2. The summed E-state index contributed by atoms with van der Waals surface area (Å²) < 4.78 is 7.05. The van der Waals surface area contributed by atoms with Gasteiger partial charge in [-0.3, -0.25) is 9.78 Å². The van der Waals surface area contributed by atoms with Crippen molar-refractivity contribution in [2.45, 2.75) is 27.3 Å². The van der Waals surface area contributed by atoms with E-state index >= 15 is 0 Å². The normalized spacial score (nSPS) is 10.9. The lowest BCUT2D eigenvalue weighted by Crippen LogP contribution is -2.27. The molecule has 7 nitrogen and oxygen atoms in total. The molecule has 3 aromatic heterocycles. The number of hydrogen-bond donors (Lipinski definition) is 0. The highest BCUT2D eigenvalue weighted by Crippen LogP contribution is 2.25. The van der Waals surface area contributed by atoms with Crippen LogP contribution in [0.25, 0.3) is 5.65 Å². The van der Waals surface area contributed by atoms with Crippen LogP contribution in [0.3, 0.4) is 0 Å². The van der Waals surface area contributed by atoms with E-state index in [1.165, 1.54) is 0 Å². The van der Waals surface area contributed by atoms with E-state index < -0.39 is 0 Å². The first-order valence-corrected chi connectivity index (χ1v) is 7.97. The van der Waals surface area contributed by atoms with Crippen LogP contribution in [-0.4, -0.2) is 44.5 Å². The predicted molar refractivity (Wildman–Crippen MR) is 93.8 cm³/mol. The van der Waals surface area contributed by atoms with E-state index in [4.69, 9.17) is 4.74 Å². The van der Waals surface area contributed by atoms with Crippen LogP contribution in [0.4, 0.5) is 0 Å². The Morgan fingerprint density at radius 3 is 2.68 bits per heavy atom. The highest BCUT2D eigenvalue weighted by molar-refractivity contribution is 5.99. The van der Waals surface area contributed by atoms with Crippen LogP contribution in [-0.2, 0) is 6.54 Å². The zero-order chi connectivity index (χ0) is 18.1. The molecule has 0 unspecified atom stereocenters. The van der Waals surface area contributed by atoms with Gasteiger partial charge in [0.2, 0.25) is 0 Å². The number of hydrogen-bond acceptors (Lipinski definition) is 5. The van der Waals surface area contributed by atoms with Crippen molar-refractivity contribution >= 4 is 11.6 Å². The molecule has 0 saturated heterocycles. The maximum atomic E-state index is 12.8. The maximum absolute atomic E-state index is 12.8. The van der Waals surface area contributed by atoms with Gasteiger partial charge in [0.25, 0.3) is 5.91 Å². The van der Waals surface area contributed by atoms with Crippen molar-refractivity contribution in [2.24, 2.45) is 0 Å². The number of fused-ring (bicyclic) bond motifs is 1. The summed E-state index contributed by atoms with van der Waals surface area (Å²) in [5.41, 5.74) is 4.72. The van der Waals surface area contributed by atoms with Crippen LogP contribution in [0.15, 0.2) is 24.8 Å². The predicted octanol–water partition coefficient (Wildman–Crippen LogP) is 2.33. The van der Waals surface area contributed by atoms with Gasteiger partial charge in [0, 0.05) is 36.8 Å². The van der Waals surface area contributed by atoms with E-state index in [0.717, 1.165) is 28.1 Å². The molecule has 0 aliphatic heterocycles. The van der Waals surface area contributed by atoms with Gasteiger partial charge in [-0.2, -0.15) is 5.10 Å². The van der Waals surface area contributed by atoms with Crippen LogP contribution in [0.5, 0.6) is 5.75 Å². The third-order valence-corrected chi connectivity index (χ3v) is 4.20. The average molecular weight is 339 g/mol. The number of carbonyl (C=O) groups is 1. The van der Waals surface area contributed by atoms with Crippen LogP contribution < -0.4 is 4.74 Å². The zero-order valence-electron chi connectivity index (χ0n) is 15.1. The van der Waals surface area contributed by atoms with Crippen LogP contribution in [0.1, 0.15) is 32.7 Å². The molecule has 1 amide bonds. The molecule has 0 aromatic carbocycles. The summed E-state index contributed by atoms with van der Waals surface area (Å²) in [5, 5.41) is 4.22. The SMILES string of the molecule is COc1c(C)cnc(CN(C)C(=O)c2cnn3cc(C)cnc23)c1C. The van der Waals surface area contributed by atoms with E-state index in [1.807, 2.05) is 27.0 Å². The van der Waals surface area contributed by atoms with Gasteiger partial charge in [-0.1, -0.05) is 0 Å². The van der Waals surface area contributed by atoms with Crippen molar-refractivity contribution in [3.8, 4) is 5.75 Å². The highest BCUT2D eigenvalue weighted by Gasteiger charge is 2.20. The fourth-order valence-corrected chi connectivity index (χ4v) is 2.85. The molecule has 0 N–H and O–H groups in total. The van der Waals surface area contributed by atoms with Gasteiger partial charge < -0.3 is 9.64 Å². The number of methoxy groups -OCH3 is 1. The number of aromatic nitrogens is 4. The van der Waals surface area contributed by atoms with Crippen molar-refractivity contribution in [2.75, 3.05) is 14.2 Å². The summed E-state index contributed by atoms with van der Waals surface area (Å²) in [6.45, 7) is 6.21. The molecule has 0 spiro atoms. The van der Waals surface area contributed by atoms with Crippen molar-refractivity contribution in [3.63, 3.8) is 0 Å². The van der Waals surface area contributed by atoms with E-state index in [1.54, 1.807) is 42.2 Å². The fourth-order valence-electron chi connectivity index (χ4n) is 2.85. The summed E-state index contributed by atoms with van der Waals surface area (Å²) in [5.74, 6) is 0.658. The van der Waals surface area contributed by atoms with Crippen LogP contribution in [0, 0.1) is 20.8 Å². The second-order valence-electron chi connectivity index (χ2n) is 6.17. The molecule has 0 radical (unpaired) electrons. The van der Waals surface area contributed by atoms with Gasteiger partial charge >= 0.3 is 0 Å². The van der Waals surface area contributed by atoms with Gasteiger partial charge in [-0.25, -0.2) is 9.50 Å². The smallest absolute Gasteiger partial charge is 0.259 e. The summed E-state index contributed by atoms with van der Waals surface area (Å²) in [4.78, 5) is 23.2. The number of nitrogens with zero attached hydrogens (tertiary/aromatic N) is 5. The Kier molecular flexibility index (Phi) is 4.39. The first kappa shape index (κ1) is 16.9. The summed E-state index contributed by atoms with van der Waals surface area (Å²) >= 11 is 0. The molecular weight excluding hydrogens is 318 g/mol. The number of ether oxygens (including phenoxy) is 1. The maximum Gasteiger partial charge on any atom is 0.259 e. The fraction of sp³-hybridized carbons (Fsp3) is 0.333. The molecule has 0 aliphatic rings. The molecule has 130 valence electrons. The molecule has 0 bridgehead atoms. The summed E-state index contributed by atoms with van der Waals surface area (Å²) in [7, 11) is 3.38. The Bertz CT molecular complexity index is 948. The lowest BCUT2D eigenvalue weighted by atomic mass is 10.1. The van der Waals surface area contributed by atoms with Gasteiger partial charge in [0.05, 0.1) is 25.5 Å². The van der Waals surface area contributed by atoms with Crippen LogP contribution in [0.2, 0.25) is 0 Å². The van der Waals surface area contributed by atoms with Crippen molar-refractivity contribution in [1.29, 1.82) is 0 Å². The molecule has 0 saturated carbocycles. The minimum absolute atomic E-state index is 0.146. The molecule has 7 heteroatoms. The van der Waals surface area contributed by atoms with Gasteiger partial charge in [0.15, 0.2) is 5.65 Å². The summed E-state index contributed by atoms with van der Waals surface area (Å²) in [6.07, 6.45) is 6.88. The van der Waals surface area contributed by atoms with Crippen molar-refractivity contribution in [3.05, 3.63) is 52.7 Å². The van der Waals surface area contributed by atoms with Gasteiger partial charge in [-0.15, -0.1) is 0 Å². The monoisotopic (exact) mass is 339 g/mol. The molecular formula is C18H21N5O2. The second kappa shape index (κ2) is 6.51. The first-order chi connectivity index (χ1) is 11.9. The number of amides is 1. The topological polar surface area (TPSA) is 72.6 Å². The molecule has 0 fully saturated rings. The lowest BCUT2D eigenvalue weighted by molar-refractivity contribution is 0.0784. The quantitative estimate of drug-likeness (QED) is 0.729. The number of rotatable bonds is 4. The van der Waals surface area contributed by atoms with Crippen molar-refractivity contribution < 1.29 is 9.53 Å². The zero-order valence-corrected chi connectivity index (χ0v) is 15.1. The minimum atomic E-state index is -0.146. The molecule has 0 atom stereocenters. The molecule has 0 aliphatic carbocycles. The van der Waals surface area contributed by atoms with Gasteiger partial charge in [-0.05, 0) is 26.3 Å². The Balaban J connectivity index is 1.88. The lowest BCUT2D eigenvalue weighted by Gasteiger charge is -2.19. The highest BCUT2D eigenvalue weighted by atomic mass is 16.5. The van der Waals surface area contributed by atoms with E-state index in [-0.39, 0.29) is 5.91 Å². The van der Waals surface area contributed by atoms with E-state index in [0.29, 0.717) is 17.8 Å². The first-order valence-electron chi connectivity index (χ1n) is 7.97. The Labute approximate surface area is 146 Å². The van der Waals surface area contributed by atoms with E-state index in [2.05, 4.69) is 15.1 Å². The molecule has 3 heterocycles. The molecule has 3 aromatic rings. The largest absolute Gasteiger partial charge is 0.496 e. The average Bonchev–Trinajstić information content (AvgIpc) is 3.00. The van der Waals surface area contributed by atoms with Gasteiger partial charge in [0.1, 0.15) is 11.3 Å². The Hall–Kier alpha value is -2.96. The third-order valence-electron chi connectivity index (χ3n) is 4.20. The van der Waals surface area contributed by atoms with Crippen molar-refractivity contribution in [1.82, 2.24) is 24.5 Å². The summed E-state index contributed by atoms with van der Waals surface area (Å²) in [6, 6.07) is 0. The third kappa shape index (κ3) is 3.05. The van der Waals surface area contributed by atoms with Crippen LogP contribution >= 0.6 is 0 Å². The number of pyridine rings is 1. The number of carbonyl (C=O) groups excluding carboxylic acids is 1. The second-order valence-corrected chi connectivity index (χ2v) is 6.17. The molecule has 3 rings (SSSR count). The van der Waals surface area contributed by atoms with E-state index in [9.17, 15) is 4.79 Å². The molecule has 25 heavy (non-hydrogen) atoms.